The number of anilines is 1. The van der Waals surface area contributed by atoms with E-state index in [0.717, 1.165) is 64.3 Å². The van der Waals surface area contributed by atoms with Crippen molar-refractivity contribution >= 4 is 11.6 Å². The van der Waals surface area contributed by atoms with Crippen molar-refractivity contribution in [1.29, 1.82) is 0 Å². The number of carbonyl (C=O) groups excluding carboxylic acids is 1. The number of amides is 1. The molecule has 1 unspecified atom stereocenters. The molecule has 0 bridgehead atoms. The van der Waals surface area contributed by atoms with Crippen LogP contribution < -0.4 is 10.2 Å². The van der Waals surface area contributed by atoms with Crippen molar-refractivity contribution in [2.75, 3.05) is 37.6 Å². The molecule has 0 aromatic heterocycles. The van der Waals surface area contributed by atoms with Crippen LogP contribution in [0.3, 0.4) is 0 Å². The highest BCUT2D eigenvalue weighted by atomic mass is 16.2. The zero-order valence-corrected chi connectivity index (χ0v) is 19.2. The molecule has 1 aromatic rings. The van der Waals surface area contributed by atoms with Gasteiger partial charge < -0.3 is 15.1 Å². The SMILES string of the molecule is CCCCC1CCC(C(=O)N2c3ccc(CCN4CCNCC4)cc3CC2C)CC1. The Labute approximate surface area is 183 Å². The molecule has 166 valence electrons. The lowest BCUT2D eigenvalue weighted by Crippen LogP contribution is -2.44. The number of fused-ring (bicyclic) bond motifs is 1. The van der Waals surface area contributed by atoms with E-state index in [4.69, 9.17) is 0 Å². The number of rotatable bonds is 7. The molecule has 0 spiro atoms. The van der Waals surface area contributed by atoms with Gasteiger partial charge in [-0.15, -0.1) is 0 Å². The van der Waals surface area contributed by atoms with Gasteiger partial charge in [-0.3, -0.25) is 4.79 Å². The molecule has 0 radical (unpaired) electrons. The molecule has 4 rings (SSSR count). The van der Waals surface area contributed by atoms with Crippen molar-refractivity contribution in [3.05, 3.63) is 29.3 Å². The van der Waals surface area contributed by atoms with E-state index in [2.05, 4.69) is 47.2 Å². The number of benzene rings is 1. The normalized spacial score (nSPS) is 27.3. The van der Waals surface area contributed by atoms with Gasteiger partial charge in [0.1, 0.15) is 0 Å². The first-order valence-corrected chi connectivity index (χ1v) is 12.5. The van der Waals surface area contributed by atoms with Crippen LogP contribution in [0.4, 0.5) is 5.69 Å². The third-order valence-electron chi connectivity index (χ3n) is 7.69. The van der Waals surface area contributed by atoms with E-state index in [0.29, 0.717) is 11.9 Å². The van der Waals surface area contributed by atoms with Crippen LogP contribution in [0, 0.1) is 11.8 Å². The molecule has 4 heteroatoms. The van der Waals surface area contributed by atoms with Gasteiger partial charge in [0.05, 0.1) is 0 Å². The third kappa shape index (κ3) is 5.08. The maximum Gasteiger partial charge on any atom is 0.230 e. The summed E-state index contributed by atoms with van der Waals surface area (Å²) >= 11 is 0. The predicted molar refractivity (Wildman–Crippen MR) is 125 cm³/mol. The van der Waals surface area contributed by atoms with Gasteiger partial charge in [-0.2, -0.15) is 0 Å². The zero-order valence-electron chi connectivity index (χ0n) is 19.2. The van der Waals surface area contributed by atoms with Crippen molar-refractivity contribution in [3.8, 4) is 0 Å². The van der Waals surface area contributed by atoms with Crippen LogP contribution in [0.15, 0.2) is 18.2 Å². The molecule has 1 N–H and O–H groups in total. The summed E-state index contributed by atoms with van der Waals surface area (Å²) in [5.41, 5.74) is 3.99. The number of hydrogen-bond acceptors (Lipinski definition) is 3. The fourth-order valence-corrected chi connectivity index (χ4v) is 5.79. The van der Waals surface area contributed by atoms with Crippen LogP contribution in [0.5, 0.6) is 0 Å². The van der Waals surface area contributed by atoms with E-state index >= 15 is 0 Å². The zero-order chi connectivity index (χ0) is 20.9. The second-order valence-corrected chi connectivity index (χ2v) is 9.93. The van der Waals surface area contributed by atoms with Gasteiger partial charge in [-0.25, -0.2) is 0 Å². The number of unbranched alkanes of at least 4 members (excludes halogenated alkanes) is 1. The Balaban J connectivity index is 1.35. The fourth-order valence-electron chi connectivity index (χ4n) is 5.79. The van der Waals surface area contributed by atoms with Crippen LogP contribution in [-0.2, 0) is 17.6 Å². The van der Waals surface area contributed by atoms with Crippen molar-refractivity contribution in [2.45, 2.75) is 77.7 Å². The highest BCUT2D eigenvalue weighted by Gasteiger charge is 2.36. The van der Waals surface area contributed by atoms with E-state index < -0.39 is 0 Å². The summed E-state index contributed by atoms with van der Waals surface area (Å²) in [7, 11) is 0. The van der Waals surface area contributed by atoms with E-state index in [1.165, 1.54) is 48.9 Å². The highest BCUT2D eigenvalue weighted by molar-refractivity contribution is 5.97. The first-order chi connectivity index (χ1) is 14.7. The average molecular weight is 412 g/mol. The minimum atomic E-state index is 0.240. The molecule has 1 saturated heterocycles. The molecule has 1 atom stereocenters. The van der Waals surface area contributed by atoms with E-state index in [-0.39, 0.29) is 5.92 Å². The molecule has 1 aliphatic carbocycles. The smallest absolute Gasteiger partial charge is 0.230 e. The Morgan fingerprint density at radius 3 is 2.63 bits per heavy atom. The van der Waals surface area contributed by atoms with Crippen LogP contribution >= 0.6 is 0 Å². The molecule has 30 heavy (non-hydrogen) atoms. The Morgan fingerprint density at radius 2 is 1.90 bits per heavy atom. The molecule has 2 fully saturated rings. The number of hydrogen-bond donors (Lipinski definition) is 1. The number of nitrogens with one attached hydrogen (secondary N) is 1. The van der Waals surface area contributed by atoms with Gasteiger partial charge in [0.15, 0.2) is 0 Å². The van der Waals surface area contributed by atoms with Crippen molar-refractivity contribution in [1.82, 2.24) is 10.2 Å². The lowest BCUT2D eigenvalue weighted by atomic mass is 9.79. The summed E-state index contributed by atoms with van der Waals surface area (Å²) in [6.07, 6.45) is 10.8. The molecular weight excluding hydrogens is 370 g/mol. The number of nitrogens with zero attached hydrogens (tertiary/aromatic N) is 2. The largest absolute Gasteiger partial charge is 0.314 e. The van der Waals surface area contributed by atoms with Gasteiger partial charge in [0, 0.05) is 50.4 Å². The van der Waals surface area contributed by atoms with Crippen molar-refractivity contribution < 1.29 is 4.79 Å². The van der Waals surface area contributed by atoms with E-state index in [1.54, 1.807) is 0 Å². The minimum absolute atomic E-state index is 0.240. The molecule has 3 aliphatic rings. The Hall–Kier alpha value is -1.39. The fraction of sp³-hybridized carbons (Fsp3) is 0.731. The summed E-state index contributed by atoms with van der Waals surface area (Å²) < 4.78 is 0. The molecule has 1 amide bonds. The summed E-state index contributed by atoms with van der Waals surface area (Å²) in [4.78, 5) is 18.1. The Kier molecular flexibility index (Phi) is 7.48. The van der Waals surface area contributed by atoms with Gasteiger partial charge >= 0.3 is 0 Å². The molecule has 1 saturated carbocycles. The lowest BCUT2D eigenvalue weighted by molar-refractivity contribution is -0.123. The van der Waals surface area contributed by atoms with Crippen molar-refractivity contribution in [3.63, 3.8) is 0 Å². The molecule has 2 aliphatic heterocycles. The topological polar surface area (TPSA) is 35.6 Å². The highest BCUT2D eigenvalue weighted by Crippen LogP contribution is 2.38. The molecule has 2 heterocycles. The third-order valence-corrected chi connectivity index (χ3v) is 7.69. The maximum atomic E-state index is 13.4. The van der Waals surface area contributed by atoms with Crippen LogP contribution in [0.25, 0.3) is 0 Å². The summed E-state index contributed by atoms with van der Waals surface area (Å²) in [5.74, 6) is 1.49. The predicted octanol–water partition coefficient (Wildman–Crippen LogP) is 4.41. The van der Waals surface area contributed by atoms with Crippen LogP contribution in [0.1, 0.15) is 69.9 Å². The van der Waals surface area contributed by atoms with Crippen molar-refractivity contribution in [2.24, 2.45) is 11.8 Å². The molecular formula is C26H41N3O. The van der Waals surface area contributed by atoms with Crippen LogP contribution in [-0.4, -0.2) is 49.6 Å². The second-order valence-electron chi connectivity index (χ2n) is 9.93. The van der Waals surface area contributed by atoms with E-state index in [9.17, 15) is 4.79 Å². The monoisotopic (exact) mass is 411 g/mol. The molecule has 1 aromatic carbocycles. The Morgan fingerprint density at radius 1 is 1.13 bits per heavy atom. The number of carbonyl (C=O) groups is 1. The summed E-state index contributed by atoms with van der Waals surface area (Å²) in [5, 5.41) is 3.43. The Bertz CT molecular complexity index is 704. The minimum Gasteiger partial charge on any atom is -0.314 e. The van der Waals surface area contributed by atoms with Gasteiger partial charge in [-0.1, -0.05) is 38.3 Å². The maximum absolute atomic E-state index is 13.4. The first-order valence-electron chi connectivity index (χ1n) is 12.5. The molecule has 4 nitrogen and oxygen atoms in total. The lowest BCUT2D eigenvalue weighted by Gasteiger charge is -2.32. The second kappa shape index (κ2) is 10.3. The van der Waals surface area contributed by atoms with Gasteiger partial charge in [-0.05, 0) is 68.6 Å². The summed E-state index contributed by atoms with van der Waals surface area (Å²) in [6.45, 7) is 10.2. The quantitative estimate of drug-likeness (QED) is 0.722. The van der Waals surface area contributed by atoms with Gasteiger partial charge in [0.25, 0.3) is 0 Å². The standard InChI is InChI=1S/C26H41N3O/c1-3-4-5-21-6-9-23(10-7-21)26(30)29-20(2)18-24-19-22(8-11-25(24)29)12-15-28-16-13-27-14-17-28/h8,11,19-21,23,27H,3-7,9-10,12-18H2,1-2H3. The average Bonchev–Trinajstić information content (AvgIpc) is 3.11. The van der Waals surface area contributed by atoms with Crippen LogP contribution in [0.2, 0.25) is 0 Å². The number of piperazine rings is 1. The van der Waals surface area contributed by atoms with Gasteiger partial charge in [0.2, 0.25) is 5.91 Å². The summed E-state index contributed by atoms with van der Waals surface area (Å²) in [6, 6.07) is 7.18. The van der Waals surface area contributed by atoms with E-state index in [1.807, 2.05) is 0 Å². The first kappa shape index (κ1) is 21.8.